The maximum Gasteiger partial charge on any atom is 0.186 e. The second-order valence-electron chi connectivity index (χ2n) is 3.86. The van der Waals surface area contributed by atoms with Gasteiger partial charge in [-0.3, -0.25) is 0 Å². The van der Waals surface area contributed by atoms with E-state index >= 15 is 0 Å². The molecule has 3 heteroatoms. The van der Waals surface area contributed by atoms with E-state index in [4.69, 9.17) is 9.16 Å². The predicted octanol–water partition coefficient (Wildman–Crippen LogP) is 2.36. The average molecular weight is 250 g/mol. The van der Waals surface area contributed by atoms with Crippen molar-refractivity contribution in [1.82, 2.24) is 0 Å². The first-order valence-electron chi connectivity index (χ1n) is 6.23. The number of aryl methyl sites for hydroxylation is 1. The van der Waals surface area contributed by atoms with E-state index in [1.807, 2.05) is 13.0 Å². The molecule has 1 aromatic rings. The molecule has 94 valence electrons. The first-order chi connectivity index (χ1) is 8.36. The van der Waals surface area contributed by atoms with E-state index in [0.717, 1.165) is 32.3 Å². The van der Waals surface area contributed by atoms with E-state index in [9.17, 15) is 0 Å². The van der Waals surface area contributed by atoms with Crippen LogP contribution < -0.4 is 0 Å². The summed E-state index contributed by atoms with van der Waals surface area (Å²) in [5.74, 6) is 0. The van der Waals surface area contributed by atoms with Gasteiger partial charge >= 0.3 is 0 Å². The Balaban J connectivity index is 2.07. The molecule has 0 saturated heterocycles. The molecule has 2 nitrogen and oxygen atoms in total. The lowest BCUT2D eigenvalue weighted by Gasteiger charge is -2.04. The quantitative estimate of drug-likeness (QED) is 0.495. The zero-order valence-electron chi connectivity index (χ0n) is 10.7. The topological polar surface area (TPSA) is 18.5 Å². The maximum absolute atomic E-state index is 5.60. The smallest absolute Gasteiger partial charge is 0.186 e. The van der Waals surface area contributed by atoms with Gasteiger partial charge in [-0.05, 0) is 30.9 Å². The number of rotatable bonds is 9. The fourth-order valence-corrected chi connectivity index (χ4v) is 2.50. The molecule has 0 heterocycles. The molecular weight excluding hydrogens is 228 g/mol. The van der Waals surface area contributed by atoms with Crippen molar-refractivity contribution in [2.45, 2.75) is 19.8 Å². The van der Waals surface area contributed by atoms with E-state index in [1.54, 1.807) is 0 Å². The van der Waals surface area contributed by atoms with Crippen LogP contribution in [0.25, 0.3) is 6.08 Å². The molecule has 0 amide bonds. The van der Waals surface area contributed by atoms with Gasteiger partial charge in [0, 0.05) is 13.2 Å². The molecule has 0 aromatic heterocycles. The standard InChI is InChI=1S/C14H22O2Si/c1-3-13-7-9-14(10-8-13)6-5-11-16-17-12-15-4-2/h3,7-10H,1,4-6,11-12,17H2,2H3. The van der Waals surface area contributed by atoms with Crippen LogP contribution in [-0.2, 0) is 15.6 Å². The number of hydrogen-bond acceptors (Lipinski definition) is 2. The molecule has 17 heavy (non-hydrogen) atoms. The summed E-state index contributed by atoms with van der Waals surface area (Å²) < 4.78 is 10.9. The van der Waals surface area contributed by atoms with Crippen LogP contribution >= 0.6 is 0 Å². The van der Waals surface area contributed by atoms with E-state index in [-0.39, 0.29) is 0 Å². The van der Waals surface area contributed by atoms with Crippen LogP contribution in [0.4, 0.5) is 0 Å². The Labute approximate surface area is 107 Å². The number of benzene rings is 1. The summed E-state index contributed by atoms with van der Waals surface area (Å²) in [6.45, 7) is 7.42. The summed E-state index contributed by atoms with van der Waals surface area (Å²) in [7, 11) is -0.445. The van der Waals surface area contributed by atoms with Crippen LogP contribution in [0, 0.1) is 0 Å². The van der Waals surface area contributed by atoms with Crippen molar-refractivity contribution in [3.05, 3.63) is 42.0 Å². The lowest BCUT2D eigenvalue weighted by atomic mass is 10.1. The van der Waals surface area contributed by atoms with E-state index in [2.05, 4.69) is 30.8 Å². The Hall–Kier alpha value is -0.903. The minimum atomic E-state index is -0.445. The lowest BCUT2D eigenvalue weighted by Crippen LogP contribution is -2.09. The fourth-order valence-electron chi connectivity index (χ4n) is 1.56. The Morgan fingerprint density at radius 1 is 1.29 bits per heavy atom. The van der Waals surface area contributed by atoms with Crippen molar-refractivity contribution >= 4 is 15.8 Å². The number of ether oxygens (including phenoxy) is 1. The molecule has 1 rings (SSSR count). The first-order valence-corrected chi connectivity index (χ1v) is 7.81. The Morgan fingerprint density at radius 2 is 2.06 bits per heavy atom. The van der Waals surface area contributed by atoms with Crippen LogP contribution in [0.3, 0.4) is 0 Å². The molecule has 0 aliphatic carbocycles. The van der Waals surface area contributed by atoms with Gasteiger partial charge in [0.15, 0.2) is 9.76 Å². The highest BCUT2D eigenvalue weighted by molar-refractivity contribution is 6.26. The van der Waals surface area contributed by atoms with Gasteiger partial charge < -0.3 is 9.16 Å². The van der Waals surface area contributed by atoms with Gasteiger partial charge in [-0.2, -0.15) is 0 Å². The third kappa shape index (κ3) is 6.41. The summed E-state index contributed by atoms with van der Waals surface area (Å²) in [5.41, 5.74) is 2.54. The predicted molar refractivity (Wildman–Crippen MR) is 75.8 cm³/mol. The van der Waals surface area contributed by atoms with Crippen molar-refractivity contribution in [2.75, 3.05) is 19.4 Å². The van der Waals surface area contributed by atoms with Crippen LogP contribution in [0.2, 0.25) is 0 Å². The van der Waals surface area contributed by atoms with Crippen LogP contribution in [0.5, 0.6) is 0 Å². The third-order valence-corrected chi connectivity index (χ3v) is 3.58. The summed E-state index contributed by atoms with van der Waals surface area (Å²) in [5, 5.41) is 0. The Morgan fingerprint density at radius 3 is 2.71 bits per heavy atom. The monoisotopic (exact) mass is 250 g/mol. The summed E-state index contributed by atoms with van der Waals surface area (Å²) in [6, 6.07) is 8.53. The van der Waals surface area contributed by atoms with Gasteiger partial charge in [0.2, 0.25) is 0 Å². The van der Waals surface area contributed by atoms with Crippen LogP contribution in [0.1, 0.15) is 24.5 Å². The fraction of sp³-hybridized carbons (Fsp3) is 0.429. The minimum absolute atomic E-state index is 0.445. The zero-order chi connectivity index (χ0) is 12.3. The van der Waals surface area contributed by atoms with E-state index in [1.165, 1.54) is 11.1 Å². The molecule has 0 N–H and O–H groups in total. The second kappa shape index (κ2) is 9.16. The van der Waals surface area contributed by atoms with Gasteiger partial charge in [-0.15, -0.1) is 0 Å². The van der Waals surface area contributed by atoms with Crippen LogP contribution in [-0.4, -0.2) is 29.2 Å². The van der Waals surface area contributed by atoms with Gasteiger partial charge in [0.05, 0.1) is 6.23 Å². The summed E-state index contributed by atoms with van der Waals surface area (Å²) in [6.07, 6.45) is 4.88. The molecule has 0 bridgehead atoms. The van der Waals surface area contributed by atoms with Crippen molar-refractivity contribution in [3.8, 4) is 0 Å². The molecule has 0 aliphatic rings. The van der Waals surface area contributed by atoms with Crippen molar-refractivity contribution in [1.29, 1.82) is 0 Å². The van der Waals surface area contributed by atoms with Crippen molar-refractivity contribution in [2.24, 2.45) is 0 Å². The highest BCUT2D eigenvalue weighted by atomic mass is 28.2. The summed E-state index contributed by atoms with van der Waals surface area (Å²) >= 11 is 0. The van der Waals surface area contributed by atoms with Gasteiger partial charge in [-0.25, -0.2) is 0 Å². The van der Waals surface area contributed by atoms with Gasteiger partial charge in [0.25, 0.3) is 0 Å². The Bertz CT molecular complexity index is 309. The highest BCUT2D eigenvalue weighted by Gasteiger charge is 1.94. The molecule has 0 radical (unpaired) electrons. The molecule has 0 fully saturated rings. The van der Waals surface area contributed by atoms with Gasteiger partial charge in [0.1, 0.15) is 0 Å². The molecule has 0 atom stereocenters. The minimum Gasteiger partial charge on any atom is -0.422 e. The number of hydrogen-bond donors (Lipinski definition) is 0. The molecular formula is C14H22O2Si. The molecule has 0 unspecified atom stereocenters. The van der Waals surface area contributed by atoms with E-state index in [0.29, 0.717) is 0 Å². The zero-order valence-corrected chi connectivity index (χ0v) is 12.1. The highest BCUT2D eigenvalue weighted by Crippen LogP contribution is 2.07. The molecule has 0 saturated carbocycles. The molecule has 0 spiro atoms. The largest absolute Gasteiger partial charge is 0.422 e. The van der Waals surface area contributed by atoms with Gasteiger partial charge in [-0.1, -0.05) is 36.9 Å². The molecule has 1 aromatic carbocycles. The van der Waals surface area contributed by atoms with Crippen molar-refractivity contribution in [3.63, 3.8) is 0 Å². The third-order valence-electron chi connectivity index (χ3n) is 2.55. The second-order valence-corrected chi connectivity index (χ2v) is 5.08. The SMILES string of the molecule is C=Cc1ccc(CCCO[SiH2]COCC)cc1. The maximum atomic E-state index is 5.60. The van der Waals surface area contributed by atoms with E-state index < -0.39 is 9.76 Å². The average Bonchev–Trinajstić information content (AvgIpc) is 2.38. The Kier molecular flexibility index (Phi) is 7.63. The lowest BCUT2D eigenvalue weighted by molar-refractivity contribution is 0.177. The van der Waals surface area contributed by atoms with Crippen molar-refractivity contribution < 1.29 is 9.16 Å². The first kappa shape index (κ1) is 14.2. The normalized spacial score (nSPS) is 11.1. The summed E-state index contributed by atoms with van der Waals surface area (Å²) in [4.78, 5) is 0. The molecule has 0 aliphatic heterocycles. The van der Waals surface area contributed by atoms with Crippen LogP contribution in [0.15, 0.2) is 30.8 Å².